The number of hydrogen-bond donors (Lipinski definition) is 0. The number of ketones is 1. The van der Waals surface area contributed by atoms with Crippen LogP contribution in [0, 0.1) is 13.8 Å². The van der Waals surface area contributed by atoms with Crippen LogP contribution in [0.2, 0.25) is 0 Å². The Kier molecular flexibility index (Phi) is 4.14. The van der Waals surface area contributed by atoms with E-state index < -0.39 is 0 Å². The van der Waals surface area contributed by atoms with E-state index in [0.717, 1.165) is 24.1 Å². The molecular formula is C14H16BrN3O. The summed E-state index contributed by atoms with van der Waals surface area (Å²) in [7, 11) is 0. The predicted octanol–water partition coefficient (Wildman–Crippen LogP) is 3.30. The number of hydrogen-bond acceptors (Lipinski definition) is 3. The molecule has 0 atom stereocenters. The molecular weight excluding hydrogens is 306 g/mol. The summed E-state index contributed by atoms with van der Waals surface area (Å²) in [5.74, 6) is -0.0877. The van der Waals surface area contributed by atoms with Crippen molar-refractivity contribution in [1.82, 2.24) is 14.8 Å². The molecule has 2 heterocycles. The van der Waals surface area contributed by atoms with E-state index in [1.807, 2.05) is 19.9 Å². The molecule has 100 valence electrons. The summed E-state index contributed by atoms with van der Waals surface area (Å²) in [4.78, 5) is 16.9. The van der Waals surface area contributed by atoms with Gasteiger partial charge in [-0.3, -0.25) is 14.5 Å². The van der Waals surface area contributed by atoms with Crippen molar-refractivity contribution >= 4 is 21.7 Å². The normalized spacial score (nSPS) is 10.7. The number of pyridine rings is 1. The van der Waals surface area contributed by atoms with Gasteiger partial charge in [0.1, 0.15) is 11.4 Å². The first kappa shape index (κ1) is 13.9. The molecule has 0 aliphatic carbocycles. The Morgan fingerprint density at radius 2 is 2.11 bits per heavy atom. The highest BCUT2D eigenvalue weighted by atomic mass is 79.9. The molecule has 0 aliphatic rings. The van der Waals surface area contributed by atoms with Gasteiger partial charge in [-0.25, -0.2) is 0 Å². The second-order valence-electron chi connectivity index (χ2n) is 4.57. The van der Waals surface area contributed by atoms with Crippen LogP contribution in [-0.2, 0) is 6.54 Å². The monoisotopic (exact) mass is 321 g/mol. The van der Waals surface area contributed by atoms with Gasteiger partial charge in [0.2, 0.25) is 5.78 Å². The number of aromatic nitrogens is 3. The summed E-state index contributed by atoms with van der Waals surface area (Å²) in [6.07, 6.45) is 4.30. The van der Waals surface area contributed by atoms with Gasteiger partial charge >= 0.3 is 0 Å². The van der Waals surface area contributed by atoms with Crippen molar-refractivity contribution in [3.8, 4) is 0 Å². The molecule has 0 N–H and O–H groups in total. The standard InChI is InChI=1S/C14H16BrN3O/c1-4-5-18-13(11(15)8-17-18)14(19)12-10(3)6-9(2)7-16-12/h6-8H,4-5H2,1-3H3. The maximum atomic E-state index is 12.6. The minimum atomic E-state index is -0.0877. The van der Waals surface area contributed by atoms with Crippen LogP contribution in [-0.4, -0.2) is 20.5 Å². The molecule has 0 fully saturated rings. The molecule has 2 rings (SSSR count). The van der Waals surface area contributed by atoms with Gasteiger partial charge in [-0.2, -0.15) is 5.10 Å². The van der Waals surface area contributed by atoms with Crippen LogP contribution in [0.3, 0.4) is 0 Å². The minimum Gasteiger partial charge on any atom is -0.285 e. The Morgan fingerprint density at radius 3 is 2.74 bits per heavy atom. The second-order valence-corrected chi connectivity index (χ2v) is 5.43. The zero-order valence-corrected chi connectivity index (χ0v) is 12.9. The van der Waals surface area contributed by atoms with E-state index >= 15 is 0 Å². The fourth-order valence-electron chi connectivity index (χ4n) is 2.03. The van der Waals surface area contributed by atoms with Gasteiger partial charge in [0.05, 0.1) is 10.7 Å². The average molecular weight is 322 g/mol. The smallest absolute Gasteiger partial charge is 0.230 e. The van der Waals surface area contributed by atoms with Crippen LogP contribution < -0.4 is 0 Å². The van der Waals surface area contributed by atoms with Crippen molar-refractivity contribution in [3.63, 3.8) is 0 Å². The topological polar surface area (TPSA) is 47.8 Å². The molecule has 19 heavy (non-hydrogen) atoms. The van der Waals surface area contributed by atoms with Gasteiger partial charge in [-0.05, 0) is 47.3 Å². The zero-order chi connectivity index (χ0) is 14.0. The Bertz CT molecular complexity index is 619. The Hall–Kier alpha value is -1.49. The maximum absolute atomic E-state index is 12.6. The SMILES string of the molecule is CCCn1ncc(Br)c1C(=O)c1ncc(C)cc1C. The van der Waals surface area contributed by atoms with Crippen LogP contribution >= 0.6 is 15.9 Å². The molecule has 4 nitrogen and oxygen atoms in total. The third-order valence-electron chi connectivity index (χ3n) is 2.88. The van der Waals surface area contributed by atoms with Gasteiger partial charge in [0, 0.05) is 12.7 Å². The number of halogens is 1. The lowest BCUT2D eigenvalue weighted by Crippen LogP contribution is -2.14. The first-order valence-corrected chi connectivity index (χ1v) is 7.03. The van der Waals surface area contributed by atoms with Crippen LogP contribution in [0.5, 0.6) is 0 Å². The molecule has 2 aromatic heterocycles. The highest BCUT2D eigenvalue weighted by molar-refractivity contribution is 9.10. The number of nitrogens with zero attached hydrogens (tertiary/aromatic N) is 3. The van der Waals surface area contributed by atoms with Gasteiger partial charge in [0.15, 0.2) is 0 Å². The van der Waals surface area contributed by atoms with Crippen molar-refractivity contribution in [2.75, 3.05) is 0 Å². The summed E-state index contributed by atoms with van der Waals surface area (Å²) in [6.45, 7) is 6.64. The average Bonchev–Trinajstić information content (AvgIpc) is 2.70. The molecule has 2 aromatic rings. The lowest BCUT2D eigenvalue weighted by atomic mass is 10.1. The number of aryl methyl sites for hydroxylation is 3. The summed E-state index contributed by atoms with van der Waals surface area (Å²) < 4.78 is 2.45. The van der Waals surface area contributed by atoms with Crippen molar-refractivity contribution in [2.45, 2.75) is 33.7 Å². The predicted molar refractivity (Wildman–Crippen MR) is 77.4 cm³/mol. The highest BCUT2D eigenvalue weighted by Crippen LogP contribution is 2.21. The highest BCUT2D eigenvalue weighted by Gasteiger charge is 2.21. The molecule has 0 bridgehead atoms. The third kappa shape index (κ3) is 2.76. The summed E-state index contributed by atoms with van der Waals surface area (Å²) >= 11 is 3.39. The molecule has 0 radical (unpaired) electrons. The lowest BCUT2D eigenvalue weighted by molar-refractivity contribution is 0.102. The van der Waals surface area contributed by atoms with Crippen molar-refractivity contribution in [1.29, 1.82) is 0 Å². The first-order valence-electron chi connectivity index (χ1n) is 6.23. The molecule has 0 spiro atoms. The van der Waals surface area contributed by atoms with E-state index in [1.165, 1.54) is 0 Å². The Morgan fingerprint density at radius 1 is 1.37 bits per heavy atom. The third-order valence-corrected chi connectivity index (χ3v) is 3.46. The fourth-order valence-corrected chi connectivity index (χ4v) is 2.51. The van der Waals surface area contributed by atoms with Crippen molar-refractivity contribution in [3.05, 3.63) is 45.4 Å². The van der Waals surface area contributed by atoms with Gasteiger partial charge < -0.3 is 0 Å². The molecule has 0 saturated heterocycles. The van der Waals surface area contributed by atoms with E-state index in [0.29, 0.717) is 15.9 Å². The number of rotatable bonds is 4. The summed E-state index contributed by atoms with van der Waals surface area (Å²) in [6, 6.07) is 1.97. The van der Waals surface area contributed by atoms with Crippen LogP contribution in [0.25, 0.3) is 0 Å². The largest absolute Gasteiger partial charge is 0.285 e. The quantitative estimate of drug-likeness (QED) is 0.812. The van der Waals surface area contributed by atoms with Crippen LogP contribution in [0.15, 0.2) is 22.9 Å². The second kappa shape index (κ2) is 5.65. The number of carbonyl (C=O) groups is 1. The number of carbonyl (C=O) groups excluding carboxylic acids is 1. The van der Waals surface area contributed by atoms with Crippen molar-refractivity contribution in [2.24, 2.45) is 0 Å². The molecule has 5 heteroatoms. The molecule has 0 aliphatic heterocycles. The Labute approximate surface area is 121 Å². The van der Waals surface area contributed by atoms with Gasteiger partial charge in [-0.1, -0.05) is 13.0 Å². The molecule has 0 amide bonds. The summed E-state index contributed by atoms with van der Waals surface area (Å²) in [5, 5.41) is 4.22. The van der Waals surface area contributed by atoms with E-state index in [-0.39, 0.29) is 5.78 Å². The van der Waals surface area contributed by atoms with Crippen LogP contribution in [0.4, 0.5) is 0 Å². The maximum Gasteiger partial charge on any atom is 0.230 e. The fraction of sp³-hybridized carbons (Fsp3) is 0.357. The zero-order valence-electron chi connectivity index (χ0n) is 11.3. The van der Waals surface area contributed by atoms with Crippen LogP contribution in [0.1, 0.15) is 40.7 Å². The van der Waals surface area contributed by atoms with Gasteiger partial charge in [0.25, 0.3) is 0 Å². The van der Waals surface area contributed by atoms with E-state index in [2.05, 4.69) is 32.9 Å². The van der Waals surface area contributed by atoms with E-state index in [4.69, 9.17) is 0 Å². The Balaban J connectivity index is 2.46. The molecule has 0 saturated carbocycles. The molecule has 0 aromatic carbocycles. The van der Waals surface area contributed by atoms with E-state index in [9.17, 15) is 4.79 Å². The molecule has 0 unspecified atom stereocenters. The lowest BCUT2D eigenvalue weighted by Gasteiger charge is -2.08. The summed E-state index contributed by atoms with van der Waals surface area (Å²) in [5.41, 5.74) is 3.00. The van der Waals surface area contributed by atoms with E-state index in [1.54, 1.807) is 17.1 Å². The van der Waals surface area contributed by atoms with Gasteiger partial charge in [-0.15, -0.1) is 0 Å². The first-order chi connectivity index (χ1) is 9.04. The minimum absolute atomic E-state index is 0.0877. The van der Waals surface area contributed by atoms with Crippen molar-refractivity contribution < 1.29 is 4.79 Å².